The molecule has 0 aliphatic carbocycles. The second kappa shape index (κ2) is 6.33. The number of rotatable bonds is 5. The highest BCUT2D eigenvalue weighted by atomic mass is 15.2. The van der Waals surface area contributed by atoms with Crippen LogP contribution in [-0.4, -0.2) is 9.55 Å². The molecule has 1 aromatic heterocycles. The first kappa shape index (κ1) is 15.6. The van der Waals surface area contributed by atoms with Crippen molar-refractivity contribution in [1.29, 1.82) is 0 Å². The number of aryl methyl sites for hydroxylation is 2. The average molecular weight is 285 g/mol. The van der Waals surface area contributed by atoms with Crippen LogP contribution in [0.5, 0.6) is 0 Å². The van der Waals surface area contributed by atoms with E-state index in [0.29, 0.717) is 0 Å². The van der Waals surface area contributed by atoms with E-state index in [9.17, 15) is 0 Å². The summed E-state index contributed by atoms with van der Waals surface area (Å²) >= 11 is 0. The minimum absolute atomic E-state index is 0.189. The summed E-state index contributed by atoms with van der Waals surface area (Å²) < 4.78 is 2.20. The molecule has 0 amide bonds. The quantitative estimate of drug-likeness (QED) is 0.834. The van der Waals surface area contributed by atoms with Crippen molar-refractivity contribution < 1.29 is 0 Å². The molecule has 0 saturated carbocycles. The van der Waals surface area contributed by atoms with Crippen LogP contribution in [0.1, 0.15) is 51.8 Å². The van der Waals surface area contributed by atoms with Crippen LogP contribution in [0.4, 0.5) is 11.6 Å². The van der Waals surface area contributed by atoms with Gasteiger partial charge < -0.3 is 9.88 Å². The summed E-state index contributed by atoms with van der Waals surface area (Å²) in [4.78, 5) is 4.58. The summed E-state index contributed by atoms with van der Waals surface area (Å²) in [5, 5.41) is 3.43. The van der Waals surface area contributed by atoms with Gasteiger partial charge in [-0.1, -0.05) is 46.2 Å². The molecule has 2 rings (SSSR count). The summed E-state index contributed by atoms with van der Waals surface area (Å²) in [6.07, 6.45) is 4.48. The van der Waals surface area contributed by atoms with Gasteiger partial charge in [-0.25, -0.2) is 4.98 Å². The smallest absolute Gasteiger partial charge is 0.207 e. The highest BCUT2D eigenvalue weighted by Crippen LogP contribution is 2.24. The van der Waals surface area contributed by atoms with Gasteiger partial charge in [0.1, 0.15) is 0 Å². The minimum atomic E-state index is 0.189. The van der Waals surface area contributed by atoms with Crippen LogP contribution >= 0.6 is 0 Å². The van der Waals surface area contributed by atoms with Crippen molar-refractivity contribution in [3.63, 3.8) is 0 Å². The van der Waals surface area contributed by atoms with Crippen molar-refractivity contribution in [3.05, 3.63) is 41.7 Å². The molecule has 1 heterocycles. The first-order chi connectivity index (χ1) is 9.90. The van der Waals surface area contributed by atoms with Crippen molar-refractivity contribution >= 4 is 11.6 Å². The van der Waals surface area contributed by atoms with Gasteiger partial charge in [-0.05, 0) is 36.5 Å². The molecule has 0 fully saturated rings. The number of imidazole rings is 1. The fraction of sp³-hybridized carbons (Fsp3) is 0.500. The van der Waals surface area contributed by atoms with Crippen LogP contribution in [-0.2, 0) is 12.0 Å². The van der Waals surface area contributed by atoms with E-state index in [-0.39, 0.29) is 5.41 Å². The van der Waals surface area contributed by atoms with Gasteiger partial charge in [0.25, 0.3) is 0 Å². The van der Waals surface area contributed by atoms with Gasteiger partial charge in [0.2, 0.25) is 5.95 Å². The monoisotopic (exact) mass is 285 g/mol. The Hall–Kier alpha value is -1.77. The molecule has 0 atom stereocenters. The van der Waals surface area contributed by atoms with Gasteiger partial charge in [-0.3, -0.25) is 0 Å². The summed E-state index contributed by atoms with van der Waals surface area (Å²) in [7, 11) is 0. The molecule has 21 heavy (non-hydrogen) atoms. The average Bonchev–Trinajstić information content (AvgIpc) is 2.76. The fourth-order valence-corrected chi connectivity index (χ4v) is 2.33. The van der Waals surface area contributed by atoms with Gasteiger partial charge in [0.05, 0.1) is 5.69 Å². The maximum atomic E-state index is 4.58. The highest BCUT2D eigenvalue weighted by molar-refractivity contribution is 5.54. The summed E-state index contributed by atoms with van der Waals surface area (Å²) in [5.74, 6) is 0.935. The number of hydrogen-bond acceptors (Lipinski definition) is 2. The molecule has 3 heteroatoms. The van der Waals surface area contributed by atoms with E-state index in [0.717, 1.165) is 23.9 Å². The number of unbranched alkanes of at least 4 members (excludes halogenated alkanes) is 1. The summed E-state index contributed by atoms with van der Waals surface area (Å²) in [6.45, 7) is 12.0. The maximum absolute atomic E-state index is 4.58. The van der Waals surface area contributed by atoms with Gasteiger partial charge in [0.15, 0.2) is 0 Å². The van der Waals surface area contributed by atoms with E-state index >= 15 is 0 Å². The van der Waals surface area contributed by atoms with Crippen LogP contribution in [0.15, 0.2) is 30.5 Å². The Kier molecular flexibility index (Phi) is 4.71. The molecule has 0 aliphatic heterocycles. The zero-order valence-corrected chi connectivity index (χ0v) is 13.9. The first-order valence-corrected chi connectivity index (χ1v) is 7.81. The first-order valence-electron chi connectivity index (χ1n) is 7.81. The van der Waals surface area contributed by atoms with Gasteiger partial charge >= 0.3 is 0 Å². The molecule has 3 nitrogen and oxygen atoms in total. The molecular formula is C18H27N3. The highest BCUT2D eigenvalue weighted by Gasteiger charge is 2.13. The molecule has 1 N–H and O–H groups in total. The third-order valence-electron chi connectivity index (χ3n) is 3.66. The largest absolute Gasteiger partial charge is 0.326 e. The Balaban J connectivity index is 2.14. The van der Waals surface area contributed by atoms with Crippen molar-refractivity contribution in [2.75, 3.05) is 5.32 Å². The van der Waals surface area contributed by atoms with Crippen molar-refractivity contribution in [1.82, 2.24) is 9.55 Å². The fourth-order valence-electron chi connectivity index (χ4n) is 2.33. The predicted octanol–water partition coefficient (Wildman–Crippen LogP) is 5.03. The lowest BCUT2D eigenvalue weighted by molar-refractivity contribution is 0.590. The Labute approximate surface area is 128 Å². The summed E-state index contributed by atoms with van der Waals surface area (Å²) in [5.41, 5.74) is 3.68. The van der Waals surface area contributed by atoms with Gasteiger partial charge in [-0.15, -0.1) is 0 Å². The number of hydrogen-bond donors (Lipinski definition) is 1. The maximum Gasteiger partial charge on any atom is 0.207 e. The Morgan fingerprint density at radius 1 is 1.14 bits per heavy atom. The number of benzene rings is 1. The van der Waals surface area contributed by atoms with E-state index in [2.05, 4.69) is 73.0 Å². The van der Waals surface area contributed by atoms with Gasteiger partial charge in [-0.2, -0.15) is 0 Å². The number of nitrogens with one attached hydrogen (secondary N) is 1. The van der Waals surface area contributed by atoms with Crippen molar-refractivity contribution in [2.45, 2.75) is 59.4 Å². The number of anilines is 2. The Morgan fingerprint density at radius 2 is 1.81 bits per heavy atom. The molecule has 1 aromatic carbocycles. The molecule has 0 aliphatic rings. The van der Waals surface area contributed by atoms with E-state index in [1.807, 2.05) is 6.92 Å². The Bertz CT molecular complexity index is 574. The Morgan fingerprint density at radius 3 is 2.38 bits per heavy atom. The second-order valence-electron chi connectivity index (χ2n) is 6.71. The molecule has 0 saturated heterocycles. The van der Waals surface area contributed by atoms with Gasteiger partial charge in [0, 0.05) is 18.4 Å². The molecular weight excluding hydrogens is 258 g/mol. The topological polar surface area (TPSA) is 29.9 Å². The van der Waals surface area contributed by atoms with Crippen molar-refractivity contribution in [3.8, 4) is 0 Å². The van der Waals surface area contributed by atoms with E-state index < -0.39 is 0 Å². The number of aromatic nitrogens is 2. The van der Waals surface area contributed by atoms with Crippen LogP contribution < -0.4 is 5.32 Å². The lowest BCUT2D eigenvalue weighted by Gasteiger charge is -2.19. The second-order valence-corrected chi connectivity index (χ2v) is 6.71. The van der Waals surface area contributed by atoms with Crippen LogP contribution in [0.2, 0.25) is 0 Å². The standard InChI is InChI=1S/C18H27N3/c1-6-7-12-21-13-14(2)19-17(21)20-16-10-8-15(9-11-16)18(3,4)5/h8-11,13H,6-7,12H2,1-5H3,(H,19,20). The normalized spacial score (nSPS) is 11.7. The summed E-state index contributed by atoms with van der Waals surface area (Å²) in [6, 6.07) is 8.65. The number of nitrogens with zero attached hydrogens (tertiary/aromatic N) is 2. The van der Waals surface area contributed by atoms with Crippen LogP contribution in [0.3, 0.4) is 0 Å². The van der Waals surface area contributed by atoms with E-state index in [1.54, 1.807) is 0 Å². The zero-order chi connectivity index (χ0) is 15.5. The molecule has 0 bridgehead atoms. The third-order valence-corrected chi connectivity index (χ3v) is 3.66. The third kappa shape index (κ3) is 4.10. The zero-order valence-electron chi connectivity index (χ0n) is 13.9. The molecule has 2 aromatic rings. The van der Waals surface area contributed by atoms with Crippen LogP contribution in [0.25, 0.3) is 0 Å². The molecule has 0 spiro atoms. The van der Waals surface area contributed by atoms with E-state index in [1.165, 1.54) is 18.4 Å². The van der Waals surface area contributed by atoms with E-state index in [4.69, 9.17) is 0 Å². The van der Waals surface area contributed by atoms with Crippen LogP contribution in [0, 0.1) is 6.92 Å². The SMILES string of the molecule is CCCCn1cc(C)nc1Nc1ccc(C(C)(C)C)cc1. The molecule has 114 valence electrons. The molecule has 0 unspecified atom stereocenters. The predicted molar refractivity (Wildman–Crippen MR) is 90.3 cm³/mol. The minimum Gasteiger partial charge on any atom is -0.326 e. The lowest BCUT2D eigenvalue weighted by atomic mass is 9.87. The lowest BCUT2D eigenvalue weighted by Crippen LogP contribution is -2.10. The van der Waals surface area contributed by atoms with Crippen molar-refractivity contribution in [2.24, 2.45) is 0 Å². The molecule has 0 radical (unpaired) electrons.